The minimum atomic E-state index is -0.225. The summed E-state index contributed by atoms with van der Waals surface area (Å²) >= 11 is 0. The van der Waals surface area contributed by atoms with Crippen molar-refractivity contribution in [2.75, 3.05) is 11.4 Å². The van der Waals surface area contributed by atoms with E-state index in [1.165, 1.54) is 0 Å². The van der Waals surface area contributed by atoms with Crippen molar-refractivity contribution in [2.45, 2.75) is 20.4 Å². The lowest BCUT2D eigenvalue weighted by atomic mass is 10.1. The fourth-order valence-corrected chi connectivity index (χ4v) is 2.98. The Labute approximate surface area is 165 Å². The molecule has 0 aliphatic heterocycles. The summed E-state index contributed by atoms with van der Waals surface area (Å²) in [6.45, 7) is 4.86. The normalized spacial score (nSPS) is 10.4. The molecule has 2 amide bonds. The molecule has 0 fully saturated rings. The first-order chi connectivity index (χ1) is 13.6. The Hall–Kier alpha value is -3.47. The maximum Gasteiger partial charge on any atom is 0.258 e. The molecule has 0 radical (unpaired) electrons. The molecule has 1 N–H and O–H groups in total. The molecule has 1 aromatic heterocycles. The molecule has 0 unspecified atom stereocenters. The number of hydrogen-bond donors (Lipinski definition) is 1. The zero-order valence-corrected chi connectivity index (χ0v) is 16.1. The van der Waals surface area contributed by atoms with Crippen molar-refractivity contribution in [3.8, 4) is 0 Å². The average molecular weight is 373 g/mol. The molecule has 0 saturated carbocycles. The molecule has 1 heterocycles. The van der Waals surface area contributed by atoms with Gasteiger partial charge in [0, 0.05) is 42.3 Å². The Morgan fingerprint density at radius 3 is 2.50 bits per heavy atom. The number of carbonyl (C=O) groups excluding carboxylic acids is 2. The van der Waals surface area contributed by atoms with Crippen LogP contribution in [0.3, 0.4) is 0 Å². The minimum Gasteiger partial charge on any atom is -0.348 e. The van der Waals surface area contributed by atoms with E-state index in [-0.39, 0.29) is 11.8 Å². The van der Waals surface area contributed by atoms with Crippen molar-refractivity contribution in [3.05, 3.63) is 95.3 Å². The van der Waals surface area contributed by atoms with E-state index in [0.717, 1.165) is 16.8 Å². The van der Waals surface area contributed by atoms with Gasteiger partial charge in [0.15, 0.2) is 0 Å². The zero-order chi connectivity index (χ0) is 19.9. The summed E-state index contributed by atoms with van der Waals surface area (Å²) in [7, 11) is 0. The van der Waals surface area contributed by atoms with Gasteiger partial charge in [-0.2, -0.15) is 0 Å². The number of nitrogens with zero attached hydrogens (tertiary/aromatic N) is 2. The first-order valence-corrected chi connectivity index (χ1v) is 9.24. The van der Waals surface area contributed by atoms with Crippen LogP contribution in [0.15, 0.2) is 73.1 Å². The van der Waals surface area contributed by atoms with Crippen LogP contribution < -0.4 is 10.2 Å². The third-order valence-electron chi connectivity index (χ3n) is 4.42. The molecule has 0 atom stereocenters. The SMILES string of the molecule is CCN(C(=O)c1cccc(C(=O)NCc2cccnc2)c1)c1cccc(C)c1. The Morgan fingerprint density at radius 2 is 1.79 bits per heavy atom. The molecule has 0 aliphatic rings. The molecular formula is C23H23N3O2. The van der Waals surface area contributed by atoms with Gasteiger partial charge in [-0.15, -0.1) is 0 Å². The molecule has 5 nitrogen and oxygen atoms in total. The average Bonchev–Trinajstić information content (AvgIpc) is 2.73. The third kappa shape index (κ3) is 4.62. The molecule has 3 rings (SSSR count). The predicted octanol–water partition coefficient (Wildman–Crippen LogP) is 3.99. The summed E-state index contributed by atoms with van der Waals surface area (Å²) in [6.07, 6.45) is 3.40. The van der Waals surface area contributed by atoms with Crippen molar-refractivity contribution in [1.82, 2.24) is 10.3 Å². The van der Waals surface area contributed by atoms with Crippen LogP contribution in [0, 0.1) is 6.92 Å². The fourth-order valence-electron chi connectivity index (χ4n) is 2.98. The molecule has 0 saturated heterocycles. The third-order valence-corrected chi connectivity index (χ3v) is 4.42. The summed E-state index contributed by atoms with van der Waals surface area (Å²) in [6, 6.07) is 18.4. The van der Waals surface area contributed by atoms with Crippen LogP contribution in [-0.4, -0.2) is 23.3 Å². The summed E-state index contributed by atoms with van der Waals surface area (Å²) in [4.78, 5) is 31.3. The number of nitrogens with one attached hydrogen (secondary N) is 1. The standard InChI is InChI=1S/C23H23N3O2/c1-3-26(21-11-4-7-17(2)13-21)23(28)20-10-5-9-19(14-20)22(27)25-16-18-8-6-12-24-15-18/h4-15H,3,16H2,1-2H3,(H,25,27). The summed E-state index contributed by atoms with van der Waals surface area (Å²) < 4.78 is 0. The van der Waals surface area contributed by atoms with Crippen LogP contribution in [0.4, 0.5) is 5.69 Å². The number of benzene rings is 2. The molecule has 142 valence electrons. The lowest BCUT2D eigenvalue weighted by Gasteiger charge is -2.22. The molecule has 2 aromatic carbocycles. The van der Waals surface area contributed by atoms with E-state index in [0.29, 0.717) is 24.2 Å². The van der Waals surface area contributed by atoms with Gasteiger partial charge < -0.3 is 10.2 Å². The first kappa shape index (κ1) is 19.3. The molecule has 3 aromatic rings. The van der Waals surface area contributed by atoms with Gasteiger partial charge in [-0.3, -0.25) is 14.6 Å². The van der Waals surface area contributed by atoms with Gasteiger partial charge in [0.05, 0.1) is 0 Å². The maximum atomic E-state index is 13.0. The van der Waals surface area contributed by atoms with E-state index in [2.05, 4.69) is 10.3 Å². The Bertz CT molecular complexity index is 970. The minimum absolute atomic E-state index is 0.130. The van der Waals surface area contributed by atoms with Gasteiger partial charge >= 0.3 is 0 Å². The quantitative estimate of drug-likeness (QED) is 0.711. The van der Waals surface area contributed by atoms with E-state index < -0.39 is 0 Å². The molecular weight excluding hydrogens is 350 g/mol. The molecule has 5 heteroatoms. The predicted molar refractivity (Wildman–Crippen MR) is 110 cm³/mol. The van der Waals surface area contributed by atoms with Crippen LogP contribution in [-0.2, 0) is 6.54 Å². The highest BCUT2D eigenvalue weighted by Crippen LogP contribution is 2.19. The summed E-state index contributed by atoms with van der Waals surface area (Å²) in [5.74, 6) is -0.355. The number of anilines is 1. The number of amides is 2. The number of aromatic nitrogens is 1. The zero-order valence-electron chi connectivity index (χ0n) is 16.1. The summed E-state index contributed by atoms with van der Waals surface area (Å²) in [5.41, 5.74) is 3.79. The second-order valence-corrected chi connectivity index (χ2v) is 6.51. The van der Waals surface area contributed by atoms with Crippen molar-refractivity contribution in [2.24, 2.45) is 0 Å². The number of rotatable bonds is 6. The second-order valence-electron chi connectivity index (χ2n) is 6.51. The highest BCUT2D eigenvalue weighted by molar-refractivity contribution is 6.07. The van der Waals surface area contributed by atoms with Crippen LogP contribution in [0.5, 0.6) is 0 Å². The Balaban J connectivity index is 1.76. The first-order valence-electron chi connectivity index (χ1n) is 9.24. The number of carbonyl (C=O) groups is 2. The van der Waals surface area contributed by atoms with Crippen LogP contribution in [0.2, 0.25) is 0 Å². The van der Waals surface area contributed by atoms with Gasteiger partial charge in [0.2, 0.25) is 0 Å². The van der Waals surface area contributed by atoms with Crippen molar-refractivity contribution >= 4 is 17.5 Å². The molecule has 0 aliphatic carbocycles. The largest absolute Gasteiger partial charge is 0.348 e. The lowest BCUT2D eigenvalue weighted by molar-refractivity contribution is 0.0951. The molecule has 0 bridgehead atoms. The fraction of sp³-hybridized carbons (Fsp3) is 0.174. The van der Waals surface area contributed by atoms with Crippen molar-refractivity contribution in [1.29, 1.82) is 0 Å². The van der Waals surface area contributed by atoms with Crippen molar-refractivity contribution in [3.63, 3.8) is 0 Å². The lowest BCUT2D eigenvalue weighted by Crippen LogP contribution is -2.31. The number of aryl methyl sites for hydroxylation is 1. The number of pyridine rings is 1. The Morgan fingerprint density at radius 1 is 1.00 bits per heavy atom. The van der Waals surface area contributed by atoms with E-state index in [1.54, 1.807) is 41.6 Å². The smallest absolute Gasteiger partial charge is 0.258 e. The monoisotopic (exact) mass is 373 g/mol. The van der Waals surface area contributed by atoms with Gasteiger partial charge in [-0.25, -0.2) is 0 Å². The van der Waals surface area contributed by atoms with E-state index >= 15 is 0 Å². The summed E-state index contributed by atoms with van der Waals surface area (Å²) in [5, 5.41) is 2.86. The van der Waals surface area contributed by atoms with Crippen LogP contribution in [0.25, 0.3) is 0 Å². The maximum absolute atomic E-state index is 13.0. The van der Waals surface area contributed by atoms with Gasteiger partial charge in [-0.05, 0) is 61.4 Å². The number of hydrogen-bond acceptors (Lipinski definition) is 3. The van der Waals surface area contributed by atoms with E-state index in [9.17, 15) is 9.59 Å². The van der Waals surface area contributed by atoms with E-state index in [1.807, 2.05) is 50.2 Å². The van der Waals surface area contributed by atoms with Crippen molar-refractivity contribution < 1.29 is 9.59 Å². The topological polar surface area (TPSA) is 62.3 Å². The van der Waals surface area contributed by atoms with Crippen LogP contribution >= 0.6 is 0 Å². The second kappa shape index (κ2) is 8.95. The van der Waals surface area contributed by atoms with Gasteiger partial charge in [0.25, 0.3) is 11.8 Å². The molecule has 28 heavy (non-hydrogen) atoms. The molecule has 0 spiro atoms. The van der Waals surface area contributed by atoms with Crippen LogP contribution in [0.1, 0.15) is 38.8 Å². The van der Waals surface area contributed by atoms with E-state index in [4.69, 9.17) is 0 Å². The highest BCUT2D eigenvalue weighted by Gasteiger charge is 2.17. The highest BCUT2D eigenvalue weighted by atomic mass is 16.2. The van der Waals surface area contributed by atoms with Gasteiger partial charge in [0.1, 0.15) is 0 Å². The Kier molecular flexibility index (Phi) is 6.17. The van der Waals surface area contributed by atoms with Gasteiger partial charge in [-0.1, -0.05) is 24.3 Å².